The molecule has 0 aliphatic carbocycles. The number of carboxylic acids is 1. The van der Waals surface area contributed by atoms with Crippen LogP contribution in [0.4, 0.5) is 0 Å². The summed E-state index contributed by atoms with van der Waals surface area (Å²) >= 11 is 0. The number of carbonyl (C=O) groups excluding carboxylic acids is 1. The molecule has 1 amide bonds. The van der Waals surface area contributed by atoms with Gasteiger partial charge in [-0.3, -0.25) is 9.59 Å². The molecule has 3 rings (SSSR count). The fourth-order valence-corrected chi connectivity index (χ4v) is 2.87. The Hall–Kier alpha value is -2.82. The highest BCUT2D eigenvalue weighted by Gasteiger charge is 2.30. The van der Waals surface area contributed by atoms with E-state index in [4.69, 9.17) is 9.84 Å². The van der Waals surface area contributed by atoms with Crippen LogP contribution in [0.25, 0.3) is 11.1 Å². The Balaban J connectivity index is 1.65. The van der Waals surface area contributed by atoms with E-state index in [0.717, 1.165) is 11.1 Å². The molecular weight excluding hydrogens is 306 g/mol. The molecule has 5 heteroatoms. The molecule has 1 aliphatic rings. The first-order chi connectivity index (χ1) is 11.6. The maximum Gasteiger partial charge on any atom is 0.308 e. The van der Waals surface area contributed by atoms with Crippen LogP contribution < -0.4 is 4.74 Å². The molecule has 0 radical (unpaired) electrons. The molecule has 124 valence electrons. The summed E-state index contributed by atoms with van der Waals surface area (Å²) in [6.07, 6.45) is 0.502. The van der Waals surface area contributed by atoms with Gasteiger partial charge >= 0.3 is 5.97 Å². The third kappa shape index (κ3) is 3.56. The van der Waals surface area contributed by atoms with E-state index in [0.29, 0.717) is 18.7 Å². The van der Waals surface area contributed by atoms with Crippen molar-refractivity contribution in [1.29, 1.82) is 0 Å². The number of hydrogen-bond donors (Lipinski definition) is 1. The van der Waals surface area contributed by atoms with Gasteiger partial charge in [0, 0.05) is 18.7 Å². The number of nitrogens with zero attached hydrogens (tertiary/aromatic N) is 1. The minimum absolute atomic E-state index is 0.0871. The predicted octanol–water partition coefficient (Wildman–Crippen LogP) is 2.67. The van der Waals surface area contributed by atoms with Crippen molar-refractivity contribution in [3.8, 4) is 16.9 Å². The molecular formula is C19H19NO4. The molecule has 5 nitrogen and oxygen atoms in total. The maximum absolute atomic E-state index is 12.2. The fraction of sp³-hybridized carbons (Fsp3) is 0.263. The van der Waals surface area contributed by atoms with Crippen molar-refractivity contribution < 1.29 is 19.4 Å². The third-order valence-electron chi connectivity index (χ3n) is 4.21. The summed E-state index contributed by atoms with van der Waals surface area (Å²) < 4.78 is 5.72. The van der Waals surface area contributed by atoms with Gasteiger partial charge in [0.25, 0.3) is 5.91 Å². The minimum Gasteiger partial charge on any atom is -0.483 e. The van der Waals surface area contributed by atoms with Gasteiger partial charge in [-0.15, -0.1) is 0 Å². The van der Waals surface area contributed by atoms with Crippen LogP contribution in [-0.2, 0) is 9.59 Å². The molecule has 0 unspecified atom stereocenters. The van der Waals surface area contributed by atoms with Gasteiger partial charge < -0.3 is 14.7 Å². The molecule has 1 atom stereocenters. The van der Waals surface area contributed by atoms with E-state index in [1.807, 2.05) is 54.6 Å². The summed E-state index contributed by atoms with van der Waals surface area (Å²) in [5, 5.41) is 9.01. The number of benzene rings is 2. The van der Waals surface area contributed by atoms with Crippen molar-refractivity contribution in [3.63, 3.8) is 0 Å². The van der Waals surface area contributed by atoms with Crippen LogP contribution in [0.5, 0.6) is 5.75 Å². The zero-order valence-electron chi connectivity index (χ0n) is 13.2. The Kier molecular flexibility index (Phi) is 4.79. The molecule has 1 saturated heterocycles. The van der Waals surface area contributed by atoms with Gasteiger partial charge in [0.15, 0.2) is 6.61 Å². The van der Waals surface area contributed by atoms with Crippen LogP contribution in [0.15, 0.2) is 54.6 Å². The van der Waals surface area contributed by atoms with Gasteiger partial charge in [0.05, 0.1) is 5.92 Å². The van der Waals surface area contributed by atoms with Gasteiger partial charge in [0.2, 0.25) is 0 Å². The number of rotatable bonds is 5. The van der Waals surface area contributed by atoms with E-state index in [-0.39, 0.29) is 19.1 Å². The summed E-state index contributed by atoms with van der Waals surface area (Å²) in [6.45, 7) is 0.646. The van der Waals surface area contributed by atoms with E-state index in [9.17, 15) is 9.59 Å². The highest BCUT2D eigenvalue weighted by molar-refractivity contribution is 5.80. The van der Waals surface area contributed by atoms with E-state index < -0.39 is 11.9 Å². The molecule has 24 heavy (non-hydrogen) atoms. The van der Waals surface area contributed by atoms with Gasteiger partial charge in [0.1, 0.15) is 5.75 Å². The first-order valence-electron chi connectivity index (χ1n) is 7.93. The Morgan fingerprint density at radius 1 is 1.08 bits per heavy atom. The standard InChI is InChI=1S/C19H19NO4/c21-18(20-11-10-15(12-20)19(22)23)13-24-17-9-5-4-8-16(17)14-6-2-1-3-7-14/h1-9,15H,10-13H2,(H,22,23)/t15-/m0/s1. The van der Waals surface area contributed by atoms with Crippen LogP contribution in [-0.4, -0.2) is 41.6 Å². The summed E-state index contributed by atoms with van der Waals surface area (Å²) in [5.41, 5.74) is 1.95. The molecule has 1 N–H and O–H groups in total. The number of amides is 1. The number of aliphatic carboxylic acids is 1. The molecule has 0 saturated carbocycles. The lowest BCUT2D eigenvalue weighted by molar-refractivity contribution is -0.141. The zero-order valence-corrected chi connectivity index (χ0v) is 13.2. The Morgan fingerprint density at radius 3 is 2.50 bits per heavy atom. The zero-order chi connectivity index (χ0) is 16.9. The predicted molar refractivity (Wildman–Crippen MR) is 89.7 cm³/mol. The van der Waals surface area contributed by atoms with Crippen LogP contribution in [0.2, 0.25) is 0 Å². The lowest BCUT2D eigenvalue weighted by Crippen LogP contribution is -2.33. The van der Waals surface area contributed by atoms with Crippen LogP contribution in [0.1, 0.15) is 6.42 Å². The Labute approximate surface area is 140 Å². The monoisotopic (exact) mass is 325 g/mol. The molecule has 2 aromatic rings. The van der Waals surface area contributed by atoms with Crippen LogP contribution in [0.3, 0.4) is 0 Å². The van der Waals surface area contributed by atoms with Gasteiger partial charge in [-0.25, -0.2) is 0 Å². The second kappa shape index (κ2) is 7.17. The van der Waals surface area contributed by atoms with Gasteiger partial charge in [-0.2, -0.15) is 0 Å². The molecule has 1 fully saturated rings. The van der Waals surface area contributed by atoms with Crippen molar-refractivity contribution >= 4 is 11.9 Å². The van der Waals surface area contributed by atoms with E-state index >= 15 is 0 Å². The first-order valence-corrected chi connectivity index (χ1v) is 7.93. The average Bonchev–Trinajstić information content (AvgIpc) is 3.11. The number of carboxylic acid groups (broad SMARTS) is 1. The average molecular weight is 325 g/mol. The molecule has 0 bridgehead atoms. The van der Waals surface area contributed by atoms with E-state index in [2.05, 4.69) is 0 Å². The molecule has 2 aromatic carbocycles. The second-order valence-electron chi connectivity index (χ2n) is 5.81. The summed E-state index contributed by atoms with van der Waals surface area (Å²) in [5.74, 6) is -0.848. The fourth-order valence-electron chi connectivity index (χ4n) is 2.87. The van der Waals surface area contributed by atoms with Crippen molar-refractivity contribution in [2.45, 2.75) is 6.42 Å². The molecule has 1 heterocycles. The summed E-state index contributed by atoms with van der Waals surface area (Å²) in [4.78, 5) is 24.8. The van der Waals surface area contributed by atoms with Crippen molar-refractivity contribution in [2.75, 3.05) is 19.7 Å². The Bertz CT molecular complexity index is 729. The number of carbonyl (C=O) groups is 2. The van der Waals surface area contributed by atoms with Gasteiger partial charge in [-0.05, 0) is 18.1 Å². The largest absolute Gasteiger partial charge is 0.483 e. The molecule has 1 aliphatic heterocycles. The third-order valence-corrected chi connectivity index (χ3v) is 4.21. The summed E-state index contributed by atoms with van der Waals surface area (Å²) in [6, 6.07) is 17.4. The molecule has 0 spiro atoms. The number of likely N-dealkylation sites (tertiary alicyclic amines) is 1. The molecule has 0 aromatic heterocycles. The topological polar surface area (TPSA) is 66.8 Å². The lowest BCUT2D eigenvalue weighted by atomic mass is 10.1. The van der Waals surface area contributed by atoms with Gasteiger partial charge in [-0.1, -0.05) is 48.5 Å². The van der Waals surface area contributed by atoms with Crippen molar-refractivity contribution in [3.05, 3.63) is 54.6 Å². The minimum atomic E-state index is -0.847. The van der Waals surface area contributed by atoms with E-state index in [1.54, 1.807) is 4.90 Å². The quantitative estimate of drug-likeness (QED) is 0.918. The normalized spacial score (nSPS) is 16.8. The maximum atomic E-state index is 12.2. The van der Waals surface area contributed by atoms with Crippen LogP contribution >= 0.6 is 0 Å². The summed E-state index contributed by atoms with van der Waals surface area (Å²) in [7, 11) is 0. The Morgan fingerprint density at radius 2 is 1.79 bits per heavy atom. The SMILES string of the molecule is O=C(O)[C@H]1CCN(C(=O)COc2ccccc2-c2ccccc2)C1. The number of ether oxygens (including phenoxy) is 1. The van der Waals surface area contributed by atoms with E-state index in [1.165, 1.54) is 0 Å². The highest BCUT2D eigenvalue weighted by Crippen LogP contribution is 2.29. The number of hydrogen-bond acceptors (Lipinski definition) is 3. The van der Waals surface area contributed by atoms with Crippen molar-refractivity contribution in [2.24, 2.45) is 5.92 Å². The highest BCUT2D eigenvalue weighted by atomic mass is 16.5. The van der Waals surface area contributed by atoms with Crippen LogP contribution in [0, 0.1) is 5.92 Å². The van der Waals surface area contributed by atoms with Crippen molar-refractivity contribution in [1.82, 2.24) is 4.90 Å². The lowest BCUT2D eigenvalue weighted by Gasteiger charge is -2.17. The first kappa shape index (κ1) is 16.1. The smallest absolute Gasteiger partial charge is 0.308 e. The second-order valence-corrected chi connectivity index (χ2v) is 5.81. The number of para-hydroxylation sites is 1.